The van der Waals surface area contributed by atoms with Gasteiger partial charge in [-0.2, -0.15) is 4.90 Å². The van der Waals surface area contributed by atoms with Gasteiger partial charge in [0.1, 0.15) is 41.6 Å². The zero-order valence-corrected chi connectivity index (χ0v) is 37.5. The van der Waals surface area contributed by atoms with Gasteiger partial charge in [-0.1, -0.05) is 97.1 Å². The molecule has 12 nitrogen and oxygen atoms in total. The molecule has 2 N–H and O–H groups in total. The second-order valence-electron chi connectivity index (χ2n) is 17.9. The fourth-order valence-electron chi connectivity index (χ4n) is 11.5. The average Bonchev–Trinajstić information content (AvgIpc) is 3.66. The normalized spacial score (nSPS) is 24.1. The number of carbonyl (C=O) groups excluding carboxylic acids is 3. The minimum Gasteiger partial charge on any atom is -0.497 e. The molecule has 67 heavy (non-hydrogen) atoms. The van der Waals surface area contributed by atoms with Crippen LogP contribution >= 0.6 is 0 Å². The van der Waals surface area contributed by atoms with Crippen LogP contribution < -0.4 is 24.3 Å². The molecular weight excluding hydrogens is 843 g/mol. The lowest BCUT2D eigenvalue weighted by Crippen LogP contribution is -2.83. The molecule has 6 aromatic rings. The monoisotopic (exact) mass is 894 g/mol. The van der Waals surface area contributed by atoms with Crippen molar-refractivity contribution in [3.63, 3.8) is 0 Å². The lowest BCUT2D eigenvalue weighted by Gasteiger charge is -2.51. The van der Waals surface area contributed by atoms with E-state index in [1.807, 2.05) is 119 Å². The molecule has 0 spiro atoms. The van der Waals surface area contributed by atoms with E-state index in [2.05, 4.69) is 57.3 Å². The number of piperidine rings is 1. The summed E-state index contributed by atoms with van der Waals surface area (Å²) in [4.78, 5) is 55.6. The third-order valence-electron chi connectivity index (χ3n) is 14.4. The fraction of sp³-hybridized carbons (Fsp3) is 0.273. The van der Waals surface area contributed by atoms with Crippen LogP contribution in [0.25, 0.3) is 0 Å². The Morgan fingerprint density at radius 1 is 0.746 bits per heavy atom. The summed E-state index contributed by atoms with van der Waals surface area (Å²) in [6.07, 6.45) is -0.0762. The molecule has 5 aliphatic heterocycles. The molecule has 6 atom stereocenters. The maximum absolute atomic E-state index is 16.0. The Bertz CT molecular complexity index is 2850. The van der Waals surface area contributed by atoms with Crippen LogP contribution in [0.1, 0.15) is 58.4 Å². The topological polar surface area (TPSA) is 126 Å². The minimum atomic E-state index is -1.15. The van der Waals surface area contributed by atoms with Crippen molar-refractivity contribution in [1.29, 1.82) is 0 Å². The number of anilines is 2. The van der Waals surface area contributed by atoms with Crippen molar-refractivity contribution >= 4 is 40.7 Å². The van der Waals surface area contributed by atoms with Crippen molar-refractivity contribution in [3.05, 3.63) is 185 Å². The van der Waals surface area contributed by atoms with E-state index in [0.717, 1.165) is 50.5 Å². The summed E-state index contributed by atoms with van der Waals surface area (Å²) in [6.45, 7) is 4.29. The molecule has 4 saturated heterocycles. The number of nitrogens with one attached hydrogen (secondary N) is 1. The number of amidine groups is 1. The molecule has 0 unspecified atom stereocenters. The molecule has 0 aromatic heterocycles. The summed E-state index contributed by atoms with van der Waals surface area (Å²) in [7, 11) is 1.66. The van der Waals surface area contributed by atoms with Crippen LogP contribution in [0.4, 0.5) is 17.1 Å². The highest BCUT2D eigenvalue weighted by Gasteiger charge is 2.79. The number of morpholine rings is 1. The minimum absolute atomic E-state index is 0.0737. The second kappa shape index (κ2) is 17.2. The van der Waals surface area contributed by atoms with Crippen LogP contribution in [-0.2, 0) is 31.1 Å². The Morgan fingerprint density at radius 2 is 1.39 bits per heavy atom. The zero-order chi connectivity index (χ0) is 45.8. The molecule has 2 amide bonds. The number of hydrogen-bond acceptors (Lipinski definition) is 9. The number of carbonyl (C=O) groups is 3. The Kier molecular flexibility index (Phi) is 10.9. The van der Waals surface area contributed by atoms with Gasteiger partial charge in [-0.15, -0.1) is 0 Å². The lowest BCUT2D eigenvalue weighted by molar-refractivity contribution is -0.368. The molecule has 338 valence electrons. The number of benzene rings is 6. The first-order valence-corrected chi connectivity index (χ1v) is 23.1. The molecule has 4 bridgehead atoms. The molecule has 5 aliphatic rings. The van der Waals surface area contributed by atoms with Gasteiger partial charge in [0, 0.05) is 50.3 Å². The first-order chi connectivity index (χ1) is 32.8. The number of aliphatic hydroxyl groups excluding tert-OH is 1. The molecule has 5 heterocycles. The van der Waals surface area contributed by atoms with E-state index in [-0.39, 0.29) is 25.0 Å². The van der Waals surface area contributed by atoms with Crippen molar-refractivity contribution in [3.8, 4) is 11.5 Å². The highest BCUT2D eigenvalue weighted by molar-refractivity contribution is 6.24. The number of methoxy groups -OCH3 is 1. The van der Waals surface area contributed by atoms with Crippen molar-refractivity contribution in [1.82, 2.24) is 9.80 Å². The van der Waals surface area contributed by atoms with Gasteiger partial charge in [-0.05, 0) is 88.8 Å². The molecule has 12 heteroatoms. The molecule has 6 aromatic carbocycles. The van der Waals surface area contributed by atoms with Crippen molar-refractivity contribution < 1.29 is 38.7 Å². The molecule has 0 aliphatic carbocycles. The SMILES string of the molecule is COc1ccc(Cc2ccc3c(c2)[C@H]2[C@H]4C(=O)N(c5ccc(N6CCN(C(C)=O)CC6)cc5)C(=[NH+]3)[C@@]2(c2ccc(OCCO)cc2)N2[C@H](c3ccccc3)[C@H](c3ccccc3)OC(=O)[C@@H]42)cc1. The highest BCUT2D eigenvalue weighted by Crippen LogP contribution is 2.66. The highest BCUT2D eigenvalue weighted by atomic mass is 16.6. The maximum atomic E-state index is 16.0. The first kappa shape index (κ1) is 42.4. The van der Waals surface area contributed by atoms with Gasteiger partial charge in [0.2, 0.25) is 5.91 Å². The molecular formula is C55H52N5O7+. The van der Waals surface area contributed by atoms with E-state index < -0.39 is 41.5 Å². The van der Waals surface area contributed by atoms with Crippen LogP contribution in [-0.4, -0.2) is 91.1 Å². The van der Waals surface area contributed by atoms with Gasteiger partial charge in [-0.25, -0.2) is 9.79 Å². The summed E-state index contributed by atoms with van der Waals surface area (Å²) in [5.74, 6) is 0.0104. The summed E-state index contributed by atoms with van der Waals surface area (Å²) >= 11 is 0. The number of hydrogen-bond donors (Lipinski definition) is 2. The van der Waals surface area contributed by atoms with E-state index in [1.165, 1.54) is 0 Å². The quantitative estimate of drug-likeness (QED) is 0.155. The Balaban J connectivity index is 1.14. The number of nitrogens with zero attached hydrogens (tertiary/aromatic N) is 4. The predicted molar refractivity (Wildman–Crippen MR) is 253 cm³/mol. The summed E-state index contributed by atoms with van der Waals surface area (Å²) in [5.41, 5.74) is 7.16. The summed E-state index contributed by atoms with van der Waals surface area (Å²) < 4.78 is 18.1. The fourth-order valence-corrected chi connectivity index (χ4v) is 11.5. The predicted octanol–water partition coefficient (Wildman–Crippen LogP) is 5.82. The first-order valence-electron chi connectivity index (χ1n) is 23.1. The Labute approximate surface area is 389 Å². The maximum Gasteiger partial charge on any atom is 0.325 e. The number of rotatable bonds is 11. The van der Waals surface area contributed by atoms with E-state index in [4.69, 9.17) is 14.2 Å². The van der Waals surface area contributed by atoms with Gasteiger partial charge in [0.25, 0.3) is 5.84 Å². The third-order valence-corrected chi connectivity index (χ3v) is 14.4. The number of piperazine rings is 1. The second-order valence-corrected chi connectivity index (χ2v) is 17.9. The van der Waals surface area contributed by atoms with E-state index >= 15 is 9.59 Å². The van der Waals surface area contributed by atoms with Gasteiger partial charge >= 0.3 is 11.9 Å². The Morgan fingerprint density at radius 3 is 2.04 bits per heavy atom. The van der Waals surface area contributed by atoms with Crippen molar-refractivity contribution in [2.24, 2.45) is 5.92 Å². The van der Waals surface area contributed by atoms with Gasteiger partial charge in [0.15, 0.2) is 5.54 Å². The number of ether oxygens (including phenoxy) is 3. The van der Waals surface area contributed by atoms with E-state index in [1.54, 1.807) is 14.0 Å². The van der Waals surface area contributed by atoms with Crippen LogP contribution in [0.3, 0.4) is 0 Å². The summed E-state index contributed by atoms with van der Waals surface area (Å²) in [5, 5.41) is 9.66. The number of aliphatic hydroxyl groups is 1. The number of esters is 1. The van der Waals surface area contributed by atoms with E-state index in [9.17, 15) is 9.90 Å². The number of amides is 2. The lowest BCUT2D eigenvalue weighted by atomic mass is 9.64. The van der Waals surface area contributed by atoms with Gasteiger partial charge in [0.05, 0.1) is 25.7 Å². The standard InChI is InChI=1S/C55H51N5O7/c1-35(62)57-27-29-58(30-28-57)41-18-20-42(21-19-41)59-52(63)47-48-45-34-37(33-36-13-22-43(65-2)23-14-36)15-26-46(45)56-54(59)55(48,40-16-24-44(25-17-40)66-32-31-61)60-49(38-9-5-3-6-10-38)51(67-53(64)50(47)60)39-11-7-4-8-12-39/h3-26,34,47-51,61H,27-33H2,1-2H3/p+1/t47-,48+,49-,50-,51+,55+/m1/s1. The molecule has 0 saturated carbocycles. The van der Waals surface area contributed by atoms with Crippen LogP contribution in [0.5, 0.6) is 11.5 Å². The van der Waals surface area contributed by atoms with Crippen molar-refractivity contribution in [2.45, 2.75) is 43.0 Å². The van der Waals surface area contributed by atoms with Crippen LogP contribution in [0.15, 0.2) is 152 Å². The smallest absolute Gasteiger partial charge is 0.325 e. The van der Waals surface area contributed by atoms with Crippen LogP contribution in [0.2, 0.25) is 0 Å². The largest absolute Gasteiger partial charge is 0.497 e. The average molecular weight is 895 g/mol. The van der Waals surface area contributed by atoms with Crippen molar-refractivity contribution in [2.75, 3.05) is 56.3 Å². The molecule has 4 fully saturated rings. The number of cyclic esters (lactones) is 1. The third kappa shape index (κ3) is 7.05. The molecule has 11 rings (SSSR count). The summed E-state index contributed by atoms with van der Waals surface area (Å²) in [6, 6.07) is 49.1. The van der Waals surface area contributed by atoms with Gasteiger partial charge < -0.3 is 29.1 Å². The molecule has 0 radical (unpaired) electrons. The van der Waals surface area contributed by atoms with Crippen LogP contribution in [0, 0.1) is 5.92 Å². The van der Waals surface area contributed by atoms with E-state index in [0.29, 0.717) is 49.9 Å². The van der Waals surface area contributed by atoms with Gasteiger partial charge in [-0.3, -0.25) is 14.5 Å². The number of fused-ring (bicyclic) bond motifs is 3. The zero-order valence-electron chi connectivity index (χ0n) is 37.5. The Hall–Kier alpha value is -7.28.